The third kappa shape index (κ3) is 2.84. The summed E-state index contributed by atoms with van der Waals surface area (Å²) in [7, 11) is 0. The lowest BCUT2D eigenvalue weighted by atomic mass is 10.1. The highest BCUT2D eigenvalue weighted by molar-refractivity contribution is 6.04. The SMILES string of the molecule is Cc1ccc(C(=O)Nc2ccncc2)cc1-n1cccc1. The minimum Gasteiger partial charge on any atom is -0.324 e. The molecule has 1 amide bonds. The van der Waals surface area contributed by atoms with Crippen LogP contribution in [0.15, 0.2) is 67.3 Å². The molecular formula is C17H15N3O. The van der Waals surface area contributed by atoms with Crippen LogP contribution >= 0.6 is 0 Å². The fourth-order valence-electron chi connectivity index (χ4n) is 2.16. The zero-order chi connectivity index (χ0) is 14.7. The van der Waals surface area contributed by atoms with Gasteiger partial charge in [0.1, 0.15) is 0 Å². The van der Waals surface area contributed by atoms with E-state index in [4.69, 9.17) is 0 Å². The summed E-state index contributed by atoms with van der Waals surface area (Å²) in [6.07, 6.45) is 7.23. The van der Waals surface area contributed by atoms with Gasteiger partial charge < -0.3 is 9.88 Å². The van der Waals surface area contributed by atoms with Crippen LogP contribution in [0.1, 0.15) is 15.9 Å². The molecule has 0 saturated carbocycles. The van der Waals surface area contributed by atoms with E-state index in [0.29, 0.717) is 5.56 Å². The van der Waals surface area contributed by atoms with Gasteiger partial charge in [0.05, 0.1) is 0 Å². The Kier molecular flexibility index (Phi) is 3.51. The normalized spacial score (nSPS) is 10.3. The van der Waals surface area contributed by atoms with Gasteiger partial charge in [-0.3, -0.25) is 9.78 Å². The van der Waals surface area contributed by atoms with E-state index in [9.17, 15) is 4.79 Å². The van der Waals surface area contributed by atoms with Crippen LogP contribution in [0.4, 0.5) is 5.69 Å². The van der Waals surface area contributed by atoms with E-state index in [2.05, 4.69) is 10.3 Å². The molecule has 0 atom stereocenters. The van der Waals surface area contributed by atoms with E-state index >= 15 is 0 Å². The molecule has 4 nitrogen and oxygen atoms in total. The van der Waals surface area contributed by atoms with Crippen LogP contribution in [-0.4, -0.2) is 15.5 Å². The zero-order valence-electron chi connectivity index (χ0n) is 11.7. The molecule has 104 valence electrons. The molecule has 0 bridgehead atoms. The number of aromatic nitrogens is 2. The number of aryl methyl sites for hydroxylation is 1. The summed E-state index contributed by atoms with van der Waals surface area (Å²) < 4.78 is 2.00. The molecule has 4 heteroatoms. The number of hydrogen-bond acceptors (Lipinski definition) is 2. The number of rotatable bonds is 3. The number of pyridine rings is 1. The average molecular weight is 277 g/mol. The van der Waals surface area contributed by atoms with Gasteiger partial charge in [0.15, 0.2) is 0 Å². The van der Waals surface area contributed by atoms with Crippen molar-refractivity contribution in [2.24, 2.45) is 0 Å². The third-order valence-electron chi connectivity index (χ3n) is 3.29. The highest BCUT2D eigenvalue weighted by Crippen LogP contribution is 2.17. The Bertz CT molecular complexity index is 749. The number of amides is 1. The molecule has 0 aliphatic heterocycles. The molecule has 0 spiro atoms. The first kappa shape index (κ1) is 13.1. The number of nitrogens with one attached hydrogen (secondary N) is 1. The van der Waals surface area contributed by atoms with Gasteiger partial charge in [-0.25, -0.2) is 0 Å². The van der Waals surface area contributed by atoms with E-state index in [-0.39, 0.29) is 5.91 Å². The minimum atomic E-state index is -0.130. The first-order valence-electron chi connectivity index (χ1n) is 6.69. The van der Waals surface area contributed by atoms with Crippen molar-refractivity contribution in [3.05, 3.63) is 78.4 Å². The Labute approximate surface area is 123 Å². The zero-order valence-corrected chi connectivity index (χ0v) is 11.7. The molecule has 0 radical (unpaired) electrons. The van der Waals surface area contributed by atoms with Crippen LogP contribution in [-0.2, 0) is 0 Å². The van der Waals surface area contributed by atoms with E-state index in [1.807, 2.05) is 54.2 Å². The third-order valence-corrected chi connectivity index (χ3v) is 3.29. The quantitative estimate of drug-likeness (QED) is 0.797. The highest BCUT2D eigenvalue weighted by atomic mass is 16.1. The first-order valence-corrected chi connectivity index (χ1v) is 6.69. The van der Waals surface area contributed by atoms with Crippen molar-refractivity contribution in [1.82, 2.24) is 9.55 Å². The maximum absolute atomic E-state index is 12.3. The van der Waals surface area contributed by atoms with Crippen molar-refractivity contribution in [2.75, 3.05) is 5.32 Å². The Morgan fingerprint density at radius 1 is 1.10 bits per heavy atom. The van der Waals surface area contributed by atoms with Crippen LogP contribution in [0.2, 0.25) is 0 Å². The largest absolute Gasteiger partial charge is 0.324 e. The van der Waals surface area contributed by atoms with Crippen molar-refractivity contribution < 1.29 is 4.79 Å². The number of carbonyl (C=O) groups is 1. The molecule has 0 aliphatic rings. The molecule has 21 heavy (non-hydrogen) atoms. The Morgan fingerprint density at radius 3 is 2.52 bits per heavy atom. The van der Waals surface area contributed by atoms with Crippen molar-refractivity contribution in [2.45, 2.75) is 6.92 Å². The summed E-state index contributed by atoms with van der Waals surface area (Å²) in [6.45, 7) is 2.03. The molecule has 2 aromatic heterocycles. The second kappa shape index (κ2) is 5.63. The second-order valence-corrected chi connectivity index (χ2v) is 4.78. The van der Waals surface area contributed by atoms with Gasteiger partial charge in [-0.05, 0) is 48.9 Å². The van der Waals surface area contributed by atoms with E-state index < -0.39 is 0 Å². The lowest BCUT2D eigenvalue weighted by molar-refractivity contribution is 0.102. The van der Waals surface area contributed by atoms with Crippen LogP contribution in [0, 0.1) is 6.92 Å². The van der Waals surface area contributed by atoms with Crippen molar-refractivity contribution in [3.63, 3.8) is 0 Å². The predicted octanol–water partition coefficient (Wildman–Crippen LogP) is 3.43. The first-order chi connectivity index (χ1) is 10.2. The van der Waals surface area contributed by atoms with Crippen LogP contribution in [0.5, 0.6) is 0 Å². The average Bonchev–Trinajstić information content (AvgIpc) is 3.03. The maximum atomic E-state index is 12.3. The van der Waals surface area contributed by atoms with E-state index in [1.54, 1.807) is 24.5 Å². The number of anilines is 1. The standard InChI is InChI=1S/C17H15N3O/c1-13-4-5-14(12-16(13)20-10-2-3-11-20)17(21)19-15-6-8-18-9-7-15/h2-12H,1H3,(H,18,19,21). The molecule has 0 saturated heterocycles. The predicted molar refractivity (Wildman–Crippen MR) is 82.7 cm³/mol. The molecule has 0 unspecified atom stereocenters. The highest BCUT2D eigenvalue weighted by Gasteiger charge is 2.09. The topological polar surface area (TPSA) is 46.9 Å². The van der Waals surface area contributed by atoms with Gasteiger partial charge in [0.2, 0.25) is 0 Å². The molecule has 1 N–H and O–H groups in total. The lowest BCUT2D eigenvalue weighted by Gasteiger charge is -2.10. The summed E-state index contributed by atoms with van der Waals surface area (Å²) in [6, 6.07) is 13.1. The Hall–Kier alpha value is -2.88. The van der Waals surface area contributed by atoms with Gasteiger partial charge in [-0.15, -0.1) is 0 Å². The molecule has 0 fully saturated rings. The monoisotopic (exact) mass is 277 g/mol. The minimum absolute atomic E-state index is 0.130. The van der Waals surface area contributed by atoms with Crippen LogP contribution < -0.4 is 5.32 Å². The summed E-state index contributed by atoms with van der Waals surface area (Å²) in [4.78, 5) is 16.2. The van der Waals surface area contributed by atoms with Crippen LogP contribution in [0.3, 0.4) is 0 Å². The number of nitrogens with zero attached hydrogens (tertiary/aromatic N) is 2. The molecule has 3 rings (SSSR count). The van der Waals surface area contributed by atoms with Gasteiger partial charge in [-0.1, -0.05) is 6.07 Å². The van der Waals surface area contributed by atoms with E-state index in [0.717, 1.165) is 16.9 Å². The molecule has 3 aromatic rings. The van der Waals surface area contributed by atoms with E-state index in [1.165, 1.54) is 0 Å². The van der Waals surface area contributed by atoms with Gasteiger partial charge in [0.25, 0.3) is 5.91 Å². The molecule has 1 aromatic carbocycles. The lowest BCUT2D eigenvalue weighted by Crippen LogP contribution is -2.12. The van der Waals surface area contributed by atoms with Gasteiger partial charge in [0, 0.05) is 41.7 Å². The Morgan fingerprint density at radius 2 is 1.81 bits per heavy atom. The smallest absolute Gasteiger partial charge is 0.255 e. The molecule has 2 heterocycles. The maximum Gasteiger partial charge on any atom is 0.255 e. The fourth-order valence-corrected chi connectivity index (χ4v) is 2.16. The number of carbonyl (C=O) groups excluding carboxylic acids is 1. The van der Waals surface area contributed by atoms with Crippen molar-refractivity contribution >= 4 is 11.6 Å². The van der Waals surface area contributed by atoms with Crippen molar-refractivity contribution in [3.8, 4) is 5.69 Å². The second-order valence-electron chi connectivity index (χ2n) is 4.78. The van der Waals surface area contributed by atoms with Crippen molar-refractivity contribution in [1.29, 1.82) is 0 Å². The van der Waals surface area contributed by atoms with Gasteiger partial charge >= 0.3 is 0 Å². The number of hydrogen-bond donors (Lipinski definition) is 1. The summed E-state index contributed by atoms with van der Waals surface area (Å²) >= 11 is 0. The van der Waals surface area contributed by atoms with Gasteiger partial charge in [-0.2, -0.15) is 0 Å². The number of benzene rings is 1. The molecule has 0 aliphatic carbocycles. The summed E-state index contributed by atoms with van der Waals surface area (Å²) in [5, 5.41) is 2.86. The van der Waals surface area contributed by atoms with Crippen LogP contribution in [0.25, 0.3) is 5.69 Å². The fraction of sp³-hybridized carbons (Fsp3) is 0.0588. The summed E-state index contributed by atoms with van der Waals surface area (Å²) in [5.41, 5.74) is 3.48. The molecular weight excluding hydrogens is 262 g/mol. The summed E-state index contributed by atoms with van der Waals surface area (Å²) in [5.74, 6) is -0.130. The Balaban J connectivity index is 1.89.